The summed E-state index contributed by atoms with van der Waals surface area (Å²) >= 11 is 2.95. The topological polar surface area (TPSA) is 59.5 Å². The molecular formula is C18H16N2O3S2. The van der Waals surface area contributed by atoms with Crippen LogP contribution in [0.25, 0.3) is 10.6 Å². The van der Waals surface area contributed by atoms with Gasteiger partial charge in [-0.3, -0.25) is 4.79 Å². The third-order valence-electron chi connectivity index (χ3n) is 3.49. The molecule has 2 aromatic heterocycles. The Morgan fingerprint density at radius 2 is 1.96 bits per heavy atom. The molecule has 3 rings (SSSR count). The van der Waals surface area contributed by atoms with E-state index in [1.54, 1.807) is 23.8 Å². The Hall–Kier alpha value is -2.51. The van der Waals surface area contributed by atoms with Crippen LogP contribution in [0.15, 0.2) is 52.5 Å². The number of rotatable bonds is 6. The van der Waals surface area contributed by atoms with Crippen LogP contribution < -0.4 is 0 Å². The van der Waals surface area contributed by atoms with E-state index in [1.165, 1.54) is 16.2 Å². The van der Waals surface area contributed by atoms with E-state index in [2.05, 4.69) is 4.98 Å². The molecule has 25 heavy (non-hydrogen) atoms. The highest BCUT2D eigenvalue weighted by Gasteiger charge is 2.16. The van der Waals surface area contributed by atoms with Crippen molar-refractivity contribution in [2.75, 3.05) is 13.7 Å². The highest BCUT2D eigenvalue weighted by Crippen LogP contribution is 2.23. The van der Waals surface area contributed by atoms with Gasteiger partial charge in [0.2, 0.25) is 0 Å². The van der Waals surface area contributed by atoms with Crippen molar-refractivity contribution in [2.24, 2.45) is 0 Å². The van der Waals surface area contributed by atoms with Crippen LogP contribution in [0.3, 0.4) is 0 Å². The molecule has 0 spiro atoms. The molecule has 0 atom stereocenters. The molecule has 1 amide bonds. The molecule has 128 valence electrons. The minimum absolute atomic E-state index is 0.220. The zero-order valence-corrected chi connectivity index (χ0v) is 15.2. The number of likely N-dealkylation sites (N-methyl/N-ethyl adjacent to an activating group) is 1. The molecule has 0 saturated heterocycles. The average Bonchev–Trinajstić information content (AvgIpc) is 3.32. The van der Waals surface area contributed by atoms with Crippen LogP contribution in [0.1, 0.15) is 16.1 Å². The Balaban J connectivity index is 1.54. The maximum Gasteiger partial charge on any atom is 0.358 e. The van der Waals surface area contributed by atoms with Gasteiger partial charge >= 0.3 is 5.97 Å². The molecular weight excluding hydrogens is 356 g/mol. The SMILES string of the molecule is CN(Cc1ccsc1)C(=O)COC(=O)c1csc(-c2ccccc2)n1. The lowest BCUT2D eigenvalue weighted by molar-refractivity contribution is -0.133. The first kappa shape index (κ1) is 17.3. The van der Waals surface area contributed by atoms with Gasteiger partial charge in [0.25, 0.3) is 5.91 Å². The number of carbonyl (C=O) groups is 2. The summed E-state index contributed by atoms with van der Waals surface area (Å²) in [5.41, 5.74) is 2.22. The smallest absolute Gasteiger partial charge is 0.358 e. The van der Waals surface area contributed by atoms with Crippen molar-refractivity contribution in [2.45, 2.75) is 6.54 Å². The van der Waals surface area contributed by atoms with Crippen molar-refractivity contribution in [3.63, 3.8) is 0 Å². The predicted molar refractivity (Wildman–Crippen MR) is 98.6 cm³/mol. The quantitative estimate of drug-likeness (QED) is 0.619. The summed E-state index contributed by atoms with van der Waals surface area (Å²) in [5, 5.41) is 6.33. The summed E-state index contributed by atoms with van der Waals surface area (Å²) in [5.74, 6) is -0.839. The number of hydrogen-bond acceptors (Lipinski definition) is 6. The zero-order chi connectivity index (χ0) is 17.6. The second-order valence-corrected chi connectivity index (χ2v) is 7.00. The largest absolute Gasteiger partial charge is 0.451 e. The first-order chi connectivity index (χ1) is 12.1. The monoisotopic (exact) mass is 372 g/mol. The molecule has 0 bridgehead atoms. The van der Waals surface area contributed by atoms with E-state index >= 15 is 0 Å². The van der Waals surface area contributed by atoms with Gasteiger partial charge in [-0.15, -0.1) is 11.3 Å². The summed E-state index contributed by atoms with van der Waals surface area (Å²) in [7, 11) is 1.68. The van der Waals surface area contributed by atoms with Gasteiger partial charge in [-0.25, -0.2) is 9.78 Å². The lowest BCUT2D eigenvalue weighted by Crippen LogP contribution is -2.30. The minimum Gasteiger partial charge on any atom is -0.451 e. The molecule has 0 aliphatic rings. The van der Waals surface area contributed by atoms with Crippen molar-refractivity contribution < 1.29 is 14.3 Å². The molecule has 0 unspecified atom stereocenters. The van der Waals surface area contributed by atoms with Gasteiger partial charge in [0.15, 0.2) is 12.3 Å². The fraction of sp³-hybridized carbons (Fsp3) is 0.167. The van der Waals surface area contributed by atoms with Crippen molar-refractivity contribution in [1.29, 1.82) is 0 Å². The van der Waals surface area contributed by atoms with Crippen molar-refractivity contribution >= 4 is 34.6 Å². The minimum atomic E-state index is -0.587. The fourth-order valence-electron chi connectivity index (χ4n) is 2.14. The van der Waals surface area contributed by atoms with Gasteiger partial charge in [0.05, 0.1) is 0 Å². The van der Waals surface area contributed by atoms with E-state index in [0.717, 1.165) is 16.1 Å². The van der Waals surface area contributed by atoms with Crippen LogP contribution in [0.4, 0.5) is 0 Å². The number of ether oxygens (including phenoxy) is 1. The Kier molecular flexibility index (Phi) is 5.57. The first-order valence-corrected chi connectivity index (χ1v) is 9.39. The molecule has 7 heteroatoms. The number of esters is 1. The highest BCUT2D eigenvalue weighted by molar-refractivity contribution is 7.13. The van der Waals surface area contributed by atoms with Crippen LogP contribution in [0.5, 0.6) is 0 Å². The van der Waals surface area contributed by atoms with Crippen molar-refractivity contribution in [3.05, 3.63) is 63.8 Å². The molecule has 0 aliphatic heterocycles. The van der Waals surface area contributed by atoms with Crippen molar-refractivity contribution in [3.8, 4) is 10.6 Å². The van der Waals surface area contributed by atoms with E-state index in [0.29, 0.717) is 6.54 Å². The third kappa shape index (κ3) is 4.52. The summed E-state index contributed by atoms with van der Waals surface area (Å²) in [6.07, 6.45) is 0. The Labute approximate surface area is 153 Å². The lowest BCUT2D eigenvalue weighted by Gasteiger charge is -2.16. The van der Waals surface area contributed by atoms with Crippen LogP contribution in [0.2, 0.25) is 0 Å². The van der Waals surface area contributed by atoms with Crippen LogP contribution in [-0.2, 0) is 16.1 Å². The number of aromatic nitrogens is 1. The summed E-state index contributed by atoms with van der Waals surface area (Å²) < 4.78 is 5.10. The number of thiophene rings is 1. The Morgan fingerprint density at radius 3 is 2.68 bits per heavy atom. The molecule has 0 radical (unpaired) electrons. The summed E-state index contributed by atoms with van der Waals surface area (Å²) in [6, 6.07) is 11.6. The molecule has 5 nitrogen and oxygen atoms in total. The second kappa shape index (κ2) is 8.04. The third-order valence-corrected chi connectivity index (χ3v) is 5.11. The number of thiazole rings is 1. The maximum absolute atomic E-state index is 12.1. The van der Waals surface area contributed by atoms with Gasteiger partial charge in [-0.2, -0.15) is 11.3 Å². The van der Waals surface area contributed by atoms with E-state index < -0.39 is 5.97 Å². The van der Waals surface area contributed by atoms with Gasteiger partial charge in [0.1, 0.15) is 5.01 Å². The van der Waals surface area contributed by atoms with Gasteiger partial charge in [-0.1, -0.05) is 30.3 Å². The molecule has 1 aromatic carbocycles. The number of amides is 1. The fourth-order valence-corrected chi connectivity index (χ4v) is 3.59. The predicted octanol–water partition coefficient (Wildman–Crippen LogP) is 3.69. The summed E-state index contributed by atoms with van der Waals surface area (Å²) in [6.45, 7) is 0.201. The summed E-state index contributed by atoms with van der Waals surface area (Å²) in [4.78, 5) is 30.0. The maximum atomic E-state index is 12.1. The van der Waals surface area contributed by atoms with E-state index in [-0.39, 0.29) is 18.2 Å². The highest BCUT2D eigenvalue weighted by atomic mass is 32.1. The number of benzene rings is 1. The molecule has 0 N–H and O–H groups in total. The second-order valence-electron chi connectivity index (χ2n) is 5.36. The Bertz CT molecular complexity index is 844. The molecule has 0 saturated carbocycles. The van der Waals surface area contributed by atoms with Crippen LogP contribution in [0, 0.1) is 0 Å². The normalized spacial score (nSPS) is 10.4. The average molecular weight is 372 g/mol. The molecule has 3 aromatic rings. The molecule has 0 fully saturated rings. The standard InChI is InChI=1S/C18H16N2O3S2/c1-20(9-13-7-8-24-11-13)16(21)10-23-18(22)15-12-25-17(19-15)14-5-3-2-4-6-14/h2-8,11-12H,9-10H2,1H3. The first-order valence-electron chi connectivity index (χ1n) is 7.56. The van der Waals surface area contributed by atoms with Crippen molar-refractivity contribution in [1.82, 2.24) is 9.88 Å². The van der Waals surface area contributed by atoms with E-state index in [9.17, 15) is 9.59 Å². The van der Waals surface area contributed by atoms with Crippen LogP contribution in [-0.4, -0.2) is 35.4 Å². The molecule has 0 aliphatic carbocycles. The zero-order valence-electron chi connectivity index (χ0n) is 13.5. The van der Waals surface area contributed by atoms with Crippen LogP contribution >= 0.6 is 22.7 Å². The number of hydrogen-bond donors (Lipinski definition) is 0. The number of nitrogens with zero attached hydrogens (tertiary/aromatic N) is 2. The number of carbonyl (C=O) groups excluding carboxylic acids is 2. The van der Waals surface area contributed by atoms with Gasteiger partial charge < -0.3 is 9.64 Å². The van der Waals surface area contributed by atoms with Gasteiger partial charge in [-0.05, 0) is 22.4 Å². The lowest BCUT2D eigenvalue weighted by atomic mass is 10.2. The van der Waals surface area contributed by atoms with E-state index in [4.69, 9.17) is 4.74 Å². The Morgan fingerprint density at radius 1 is 1.16 bits per heavy atom. The van der Waals surface area contributed by atoms with E-state index in [1.807, 2.05) is 47.2 Å². The van der Waals surface area contributed by atoms with Gasteiger partial charge in [0, 0.05) is 24.5 Å². The molecule has 2 heterocycles.